The summed E-state index contributed by atoms with van der Waals surface area (Å²) in [5.74, 6) is 0.932. The van der Waals surface area contributed by atoms with E-state index < -0.39 is 0 Å². The Hall–Kier alpha value is -0.0800. The van der Waals surface area contributed by atoms with Gasteiger partial charge in [0, 0.05) is 6.04 Å². The summed E-state index contributed by atoms with van der Waals surface area (Å²) in [6, 6.07) is 0.957. The average molecular weight is 182 g/mol. The van der Waals surface area contributed by atoms with E-state index in [4.69, 9.17) is 5.73 Å². The molecule has 0 aromatic heterocycles. The molecular weight excluding hydrogens is 160 g/mol. The minimum atomic E-state index is 0.883. The van der Waals surface area contributed by atoms with E-state index in [-0.39, 0.29) is 0 Å². The first-order valence-corrected chi connectivity index (χ1v) is 5.84. The second-order valence-electron chi connectivity index (χ2n) is 4.64. The molecule has 1 saturated heterocycles. The van der Waals surface area contributed by atoms with Gasteiger partial charge < -0.3 is 10.6 Å². The second-order valence-corrected chi connectivity index (χ2v) is 4.64. The number of nitrogens with zero attached hydrogens (tertiary/aromatic N) is 1. The molecule has 1 saturated carbocycles. The summed E-state index contributed by atoms with van der Waals surface area (Å²) in [5.41, 5.74) is 5.58. The monoisotopic (exact) mass is 182 g/mol. The predicted molar refractivity (Wildman–Crippen MR) is 55.6 cm³/mol. The lowest BCUT2D eigenvalue weighted by molar-refractivity contribution is 0.0833. The first-order chi connectivity index (χ1) is 6.40. The number of hydrogen-bond donors (Lipinski definition) is 1. The van der Waals surface area contributed by atoms with E-state index in [1.165, 1.54) is 51.6 Å². The molecule has 0 spiro atoms. The number of nitrogens with two attached hydrogens (primary N) is 1. The van der Waals surface area contributed by atoms with Gasteiger partial charge in [-0.15, -0.1) is 0 Å². The smallest absolute Gasteiger partial charge is 0.00952 e. The Balaban J connectivity index is 1.69. The number of likely N-dealkylation sites (tertiary alicyclic amines) is 1. The molecule has 0 bridgehead atoms. The van der Waals surface area contributed by atoms with E-state index in [1.54, 1.807) is 0 Å². The van der Waals surface area contributed by atoms with Gasteiger partial charge in [0.25, 0.3) is 0 Å². The zero-order valence-electron chi connectivity index (χ0n) is 8.54. The third-order valence-corrected chi connectivity index (χ3v) is 3.82. The molecule has 2 aliphatic rings. The Morgan fingerprint density at radius 1 is 1.08 bits per heavy atom. The summed E-state index contributed by atoms with van der Waals surface area (Å²) in [4.78, 5) is 2.70. The van der Waals surface area contributed by atoms with Crippen molar-refractivity contribution in [1.29, 1.82) is 0 Å². The van der Waals surface area contributed by atoms with Gasteiger partial charge in [-0.3, -0.25) is 0 Å². The first kappa shape index (κ1) is 9.47. The maximum absolute atomic E-state index is 5.58. The topological polar surface area (TPSA) is 29.3 Å². The van der Waals surface area contributed by atoms with Gasteiger partial charge in [0.2, 0.25) is 0 Å². The standard InChI is InChI=1S/C11H22N2/c12-7-4-10-5-8-13(9-6-10)11-2-1-3-11/h10-11H,1-9,12H2. The normalized spacial score (nSPS) is 27.5. The van der Waals surface area contributed by atoms with E-state index in [0.717, 1.165) is 18.5 Å². The largest absolute Gasteiger partial charge is 0.330 e. The molecule has 1 aliphatic carbocycles. The van der Waals surface area contributed by atoms with Crippen LogP contribution in [0, 0.1) is 5.92 Å². The highest BCUT2D eigenvalue weighted by molar-refractivity contribution is 4.83. The van der Waals surface area contributed by atoms with Crippen LogP contribution in [-0.2, 0) is 0 Å². The van der Waals surface area contributed by atoms with Crippen LogP contribution in [0.3, 0.4) is 0 Å². The van der Waals surface area contributed by atoms with Gasteiger partial charge in [0.1, 0.15) is 0 Å². The molecule has 13 heavy (non-hydrogen) atoms. The summed E-state index contributed by atoms with van der Waals surface area (Å²) in [7, 11) is 0. The Bertz CT molecular complexity index is 146. The van der Waals surface area contributed by atoms with Crippen LogP contribution in [-0.4, -0.2) is 30.6 Å². The molecule has 0 aromatic rings. The van der Waals surface area contributed by atoms with Gasteiger partial charge in [-0.05, 0) is 57.7 Å². The van der Waals surface area contributed by atoms with Crippen molar-refractivity contribution in [3.05, 3.63) is 0 Å². The van der Waals surface area contributed by atoms with Crippen molar-refractivity contribution in [2.45, 2.75) is 44.6 Å². The van der Waals surface area contributed by atoms with E-state index in [9.17, 15) is 0 Å². The number of piperidine rings is 1. The molecule has 2 N–H and O–H groups in total. The Kier molecular flexibility index (Phi) is 3.23. The lowest BCUT2D eigenvalue weighted by atomic mass is 9.87. The maximum atomic E-state index is 5.58. The Morgan fingerprint density at radius 2 is 1.77 bits per heavy atom. The molecule has 1 aliphatic heterocycles. The van der Waals surface area contributed by atoms with Crippen LogP contribution in [0.2, 0.25) is 0 Å². The lowest BCUT2D eigenvalue weighted by Crippen LogP contribution is -2.44. The highest BCUT2D eigenvalue weighted by atomic mass is 15.2. The van der Waals surface area contributed by atoms with E-state index in [2.05, 4.69) is 4.90 Å². The van der Waals surface area contributed by atoms with Crippen LogP contribution in [0.5, 0.6) is 0 Å². The molecule has 0 atom stereocenters. The minimum absolute atomic E-state index is 0.883. The molecule has 2 rings (SSSR count). The van der Waals surface area contributed by atoms with Crippen molar-refractivity contribution >= 4 is 0 Å². The molecule has 1 heterocycles. The van der Waals surface area contributed by atoms with Crippen molar-refractivity contribution in [1.82, 2.24) is 4.90 Å². The molecular formula is C11H22N2. The van der Waals surface area contributed by atoms with Crippen molar-refractivity contribution in [2.24, 2.45) is 11.7 Å². The molecule has 0 amide bonds. The van der Waals surface area contributed by atoms with E-state index in [0.29, 0.717) is 0 Å². The van der Waals surface area contributed by atoms with Gasteiger partial charge in [-0.1, -0.05) is 6.42 Å². The summed E-state index contributed by atoms with van der Waals surface area (Å²) < 4.78 is 0. The minimum Gasteiger partial charge on any atom is -0.330 e. The summed E-state index contributed by atoms with van der Waals surface area (Å²) in [5, 5.41) is 0. The molecule has 2 nitrogen and oxygen atoms in total. The van der Waals surface area contributed by atoms with Gasteiger partial charge in [0.05, 0.1) is 0 Å². The Morgan fingerprint density at radius 3 is 2.23 bits per heavy atom. The maximum Gasteiger partial charge on any atom is 0.00952 e. The van der Waals surface area contributed by atoms with Gasteiger partial charge >= 0.3 is 0 Å². The van der Waals surface area contributed by atoms with Crippen molar-refractivity contribution in [2.75, 3.05) is 19.6 Å². The van der Waals surface area contributed by atoms with Gasteiger partial charge in [-0.25, -0.2) is 0 Å². The van der Waals surface area contributed by atoms with Crippen LogP contribution < -0.4 is 5.73 Å². The highest BCUT2D eigenvalue weighted by Crippen LogP contribution is 2.29. The van der Waals surface area contributed by atoms with Gasteiger partial charge in [-0.2, -0.15) is 0 Å². The fourth-order valence-electron chi connectivity index (χ4n) is 2.59. The third-order valence-electron chi connectivity index (χ3n) is 3.82. The van der Waals surface area contributed by atoms with Crippen LogP contribution >= 0.6 is 0 Å². The molecule has 2 heteroatoms. The van der Waals surface area contributed by atoms with E-state index in [1.807, 2.05) is 0 Å². The molecule has 0 aromatic carbocycles. The molecule has 2 fully saturated rings. The lowest BCUT2D eigenvalue weighted by Gasteiger charge is -2.41. The quantitative estimate of drug-likeness (QED) is 0.718. The van der Waals surface area contributed by atoms with Gasteiger partial charge in [0.15, 0.2) is 0 Å². The van der Waals surface area contributed by atoms with Crippen molar-refractivity contribution < 1.29 is 0 Å². The first-order valence-electron chi connectivity index (χ1n) is 5.84. The number of rotatable bonds is 3. The molecule has 0 unspecified atom stereocenters. The van der Waals surface area contributed by atoms with Crippen LogP contribution in [0.4, 0.5) is 0 Å². The predicted octanol–water partition coefficient (Wildman–Crippen LogP) is 1.60. The van der Waals surface area contributed by atoms with Crippen LogP contribution in [0.15, 0.2) is 0 Å². The van der Waals surface area contributed by atoms with Crippen molar-refractivity contribution in [3.8, 4) is 0 Å². The second kappa shape index (κ2) is 4.43. The molecule has 0 radical (unpaired) electrons. The zero-order valence-corrected chi connectivity index (χ0v) is 8.54. The number of hydrogen-bond acceptors (Lipinski definition) is 2. The summed E-state index contributed by atoms with van der Waals surface area (Å²) in [6.45, 7) is 3.57. The van der Waals surface area contributed by atoms with Crippen LogP contribution in [0.25, 0.3) is 0 Å². The fourth-order valence-corrected chi connectivity index (χ4v) is 2.59. The fraction of sp³-hybridized carbons (Fsp3) is 1.00. The van der Waals surface area contributed by atoms with E-state index >= 15 is 0 Å². The zero-order chi connectivity index (χ0) is 9.10. The average Bonchev–Trinajstić information content (AvgIpc) is 2.06. The Labute approximate surface area is 81.5 Å². The van der Waals surface area contributed by atoms with Crippen LogP contribution in [0.1, 0.15) is 38.5 Å². The third kappa shape index (κ3) is 2.23. The highest BCUT2D eigenvalue weighted by Gasteiger charge is 2.28. The summed E-state index contributed by atoms with van der Waals surface area (Å²) in [6.07, 6.45) is 8.43. The van der Waals surface area contributed by atoms with Crippen molar-refractivity contribution in [3.63, 3.8) is 0 Å². The molecule has 76 valence electrons. The summed E-state index contributed by atoms with van der Waals surface area (Å²) >= 11 is 0. The SMILES string of the molecule is NCCC1CCN(C2CCC2)CC1.